The number of ether oxygens (including phenoxy) is 1. The van der Waals surface area contributed by atoms with E-state index in [0.717, 1.165) is 58.7 Å². The molecule has 1 saturated heterocycles. The maximum absolute atomic E-state index is 13.3. The Bertz CT molecular complexity index is 1040. The Labute approximate surface area is 192 Å². The zero-order valence-corrected chi connectivity index (χ0v) is 20.0. The number of thioether (sulfide) groups is 1. The molecule has 0 radical (unpaired) electrons. The first-order valence-electron chi connectivity index (χ1n) is 10.7. The fraction of sp³-hybridized carbons (Fsp3) is 0.417. The van der Waals surface area contributed by atoms with E-state index >= 15 is 0 Å². The van der Waals surface area contributed by atoms with Crippen molar-refractivity contribution in [3.8, 4) is 0 Å². The number of nitrogens with zero attached hydrogens (tertiary/aromatic N) is 3. The molecule has 1 aliphatic rings. The molecule has 1 amide bonds. The van der Waals surface area contributed by atoms with Gasteiger partial charge in [0.1, 0.15) is 0 Å². The van der Waals surface area contributed by atoms with Crippen molar-refractivity contribution in [1.82, 2.24) is 9.88 Å². The number of hydrogen-bond donors (Lipinski definition) is 0. The zero-order valence-electron chi connectivity index (χ0n) is 18.4. The number of anilines is 1. The number of carbonyl (C=O) groups excluding carboxylic acids is 1. The average molecular weight is 456 g/mol. The lowest BCUT2D eigenvalue weighted by atomic mass is 10.1. The number of hydrogen-bond acceptors (Lipinski definition) is 6. The molecule has 1 fully saturated rings. The number of fused-ring (bicyclic) bond motifs is 1. The van der Waals surface area contributed by atoms with Crippen LogP contribution in [0.2, 0.25) is 0 Å². The molecule has 1 aliphatic heterocycles. The molecule has 0 aliphatic carbocycles. The van der Waals surface area contributed by atoms with Gasteiger partial charge in [0.05, 0.1) is 29.2 Å². The van der Waals surface area contributed by atoms with Crippen molar-refractivity contribution in [3.63, 3.8) is 0 Å². The highest BCUT2D eigenvalue weighted by molar-refractivity contribution is 8.00. The van der Waals surface area contributed by atoms with Gasteiger partial charge in [-0.3, -0.25) is 14.6 Å². The lowest BCUT2D eigenvalue weighted by molar-refractivity contribution is -0.116. The van der Waals surface area contributed by atoms with Crippen molar-refractivity contribution >= 4 is 44.4 Å². The predicted octanol–water partition coefficient (Wildman–Crippen LogP) is 4.68. The Morgan fingerprint density at radius 1 is 1.13 bits per heavy atom. The van der Waals surface area contributed by atoms with Crippen LogP contribution in [0.3, 0.4) is 0 Å². The van der Waals surface area contributed by atoms with Crippen molar-refractivity contribution in [3.05, 3.63) is 53.1 Å². The van der Waals surface area contributed by atoms with E-state index in [-0.39, 0.29) is 5.91 Å². The highest BCUT2D eigenvalue weighted by Crippen LogP contribution is 2.32. The molecule has 164 valence electrons. The molecule has 31 heavy (non-hydrogen) atoms. The predicted molar refractivity (Wildman–Crippen MR) is 131 cm³/mol. The number of aromatic nitrogens is 1. The number of amides is 1. The van der Waals surface area contributed by atoms with Gasteiger partial charge in [0, 0.05) is 31.1 Å². The summed E-state index contributed by atoms with van der Waals surface area (Å²) in [7, 11) is 0. The number of thiazole rings is 1. The van der Waals surface area contributed by atoms with Crippen LogP contribution in [0.1, 0.15) is 16.7 Å². The number of carbonyl (C=O) groups is 1. The van der Waals surface area contributed by atoms with Crippen LogP contribution in [0.25, 0.3) is 10.2 Å². The topological polar surface area (TPSA) is 45.7 Å². The molecule has 0 atom stereocenters. The summed E-state index contributed by atoms with van der Waals surface area (Å²) in [5.41, 5.74) is 4.61. The molecule has 4 rings (SSSR count). The van der Waals surface area contributed by atoms with E-state index in [2.05, 4.69) is 62.1 Å². The van der Waals surface area contributed by atoms with Gasteiger partial charge in [-0.05, 0) is 50.1 Å². The number of aryl methyl sites for hydroxylation is 3. The molecule has 7 heteroatoms. The van der Waals surface area contributed by atoms with Gasteiger partial charge in [-0.2, -0.15) is 0 Å². The molecule has 2 heterocycles. The third-order valence-electron chi connectivity index (χ3n) is 5.48. The minimum absolute atomic E-state index is 0.104. The maximum atomic E-state index is 13.3. The van der Waals surface area contributed by atoms with Crippen molar-refractivity contribution in [2.75, 3.05) is 50.0 Å². The smallest absolute Gasteiger partial charge is 0.239 e. The number of benzene rings is 2. The quantitative estimate of drug-likeness (QED) is 0.484. The van der Waals surface area contributed by atoms with Crippen LogP contribution in [0.15, 0.2) is 41.3 Å². The summed E-state index contributed by atoms with van der Waals surface area (Å²) in [6.45, 7) is 11.1. The molecule has 0 bridgehead atoms. The first-order chi connectivity index (χ1) is 15.0. The van der Waals surface area contributed by atoms with Gasteiger partial charge in [-0.1, -0.05) is 35.1 Å². The summed E-state index contributed by atoms with van der Waals surface area (Å²) >= 11 is 3.20. The normalized spacial score (nSPS) is 14.8. The Kier molecular flexibility index (Phi) is 7.27. The third kappa shape index (κ3) is 5.66. The van der Waals surface area contributed by atoms with E-state index < -0.39 is 0 Å². The molecular weight excluding hydrogens is 426 g/mol. The summed E-state index contributed by atoms with van der Waals surface area (Å²) in [5, 5.41) is 0.798. The first-order valence-corrected chi connectivity index (χ1v) is 12.5. The van der Waals surface area contributed by atoms with Gasteiger partial charge >= 0.3 is 0 Å². The summed E-state index contributed by atoms with van der Waals surface area (Å²) in [6, 6.07) is 12.6. The van der Waals surface area contributed by atoms with Crippen molar-refractivity contribution < 1.29 is 9.53 Å². The summed E-state index contributed by atoms with van der Waals surface area (Å²) in [6.07, 6.45) is 0. The Morgan fingerprint density at radius 2 is 1.87 bits per heavy atom. The van der Waals surface area contributed by atoms with Crippen LogP contribution in [-0.2, 0) is 9.53 Å². The average Bonchev–Trinajstić information content (AvgIpc) is 3.18. The molecule has 1 aromatic heterocycles. The molecule has 0 unspecified atom stereocenters. The van der Waals surface area contributed by atoms with Crippen LogP contribution in [0.4, 0.5) is 5.13 Å². The SMILES string of the molecule is Cc1ccc(SCC(=O)N(CCN2CCOCC2)c2nc3c(C)cc(C)cc3s2)cc1. The van der Waals surface area contributed by atoms with Crippen LogP contribution < -0.4 is 4.90 Å². The largest absolute Gasteiger partial charge is 0.379 e. The minimum Gasteiger partial charge on any atom is -0.379 e. The second-order valence-corrected chi connectivity index (χ2v) is 10.1. The molecule has 0 saturated carbocycles. The fourth-order valence-electron chi connectivity index (χ4n) is 3.73. The van der Waals surface area contributed by atoms with Crippen LogP contribution in [0.5, 0.6) is 0 Å². The Hall–Kier alpha value is -1.93. The zero-order chi connectivity index (χ0) is 21.8. The van der Waals surface area contributed by atoms with Gasteiger partial charge < -0.3 is 4.74 Å². The van der Waals surface area contributed by atoms with Gasteiger partial charge in [-0.15, -0.1) is 11.8 Å². The molecule has 5 nitrogen and oxygen atoms in total. The Morgan fingerprint density at radius 3 is 2.61 bits per heavy atom. The highest BCUT2D eigenvalue weighted by Gasteiger charge is 2.22. The fourth-order valence-corrected chi connectivity index (χ4v) is 5.68. The van der Waals surface area contributed by atoms with E-state index in [0.29, 0.717) is 12.3 Å². The molecule has 3 aromatic rings. The van der Waals surface area contributed by atoms with Gasteiger partial charge in [-0.25, -0.2) is 4.98 Å². The number of morpholine rings is 1. The maximum Gasteiger partial charge on any atom is 0.239 e. The summed E-state index contributed by atoms with van der Waals surface area (Å²) < 4.78 is 6.60. The summed E-state index contributed by atoms with van der Waals surface area (Å²) in [5.74, 6) is 0.507. The van der Waals surface area contributed by atoms with Crippen LogP contribution in [0, 0.1) is 20.8 Å². The minimum atomic E-state index is 0.104. The lowest BCUT2D eigenvalue weighted by Crippen LogP contribution is -2.43. The van der Waals surface area contributed by atoms with E-state index in [9.17, 15) is 4.79 Å². The van der Waals surface area contributed by atoms with E-state index in [1.807, 2.05) is 4.90 Å². The van der Waals surface area contributed by atoms with Crippen molar-refractivity contribution in [2.24, 2.45) is 0 Å². The Balaban J connectivity index is 1.53. The summed E-state index contributed by atoms with van der Waals surface area (Å²) in [4.78, 5) is 23.5. The molecular formula is C24H29N3O2S2. The van der Waals surface area contributed by atoms with Gasteiger partial charge in [0.2, 0.25) is 5.91 Å². The van der Waals surface area contributed by atoms with Crippen LogP contribution in [-0.4, -0.2) is 60.9 Å². The third-order valence-corrected chi connectivity index (χ3v) is 7.50. The molecule has 0 N–H and O–H groups in total. The van der Waals surface area contributed by atoms with Crippen molar-refractivity contribution in [2.45, 2.75) is 25.7 Å². The number of rotatable bonds is 7. The lowest BCUT2D eigenvalue weighted by Gasteiger charge is -2.29. The van der Waals surface area contributed by atoms with Gasteiger partial charge in [0.15, 0.2) is 5.13 Å². The van der Waals surface area contributed by atoms with E-state index in [4.69, 9.17) is 9.72 Å². The molecule has 2 aromatic carbocycles. The van der Waals surface area contributed by atoms with Crippen molar-refractivity contribution in [1.29, 1.82) is 0 Å². The second kappa shape index (κ2) is 10.1. The molecule has 0 spiro atoms. The standard InChI is InChI=1S/C24H29N3O2S2/c1-17-4-6-20(7-5-17)30-16-22(28)27(9-8-26-10-12-29-13-11-26)24-25-23-19(3)14-18(2)15-21(23)31-24/h4-7,14-15H,8-13,16H2,1-3H3. The van der Waals surface area contributed by atoms with Crippen LogP contribution >= 0.6 is 23.1 Å². The van der Waals surface area contributed by atoms with Gasteiger partial charge in [0.25, 0.3) is 0 Å². The second-order valence-electron chi connectivity index (χ2n) is 8.03. The highest BCUT2D eigenvalue weighted by atomic mass is 32.2. The first kappa shape index (κ1) is 22.3. The van der Waals surface area contributed by atoms with E-state index in [1.54, 1.807) is 23.1 Å². The monoisotopic (exact) mass is 455 g/mol. The van der Waals surface area contributed by atoms with E-state index in [1.165, 1.54) is 11.1 Å².